The van der Waals surface area contributed by atoms with Crippen LogP contribution in [0, 0.1) is 0 Å². The van der Waals surface area contributed by atoms with E-state index in [0.29, 0.717) is 5.69 Å². The average molecular weight is 323 g/mol. The third kappa shape index (κ3) is 2.53. The van der Waals surface area contributed by atoms with Crippen molar-refractivity contribution >= 4 is 45.7 Å². The molecule has 0 saturated heterocycles. The Morgan fingerprint density at radius 3 is 2.43 bits per heavy atom. The zero-order chi connectivity index (χ0) is 15.0. The van der Waals surface area contributed by atoms with E-state index in [1.165, 1.54) is 0 Å². The number of nitrogens with zero attached hydrogens (tertiary/aromatic N) is 6. The molecule has 0 radical (unpaired) electrons. The van der Waals surface area contributed by atoms with E-state index in [4.69, 9.17) is 23.2 Å². The van der Waals surface area contributed by atoms with Crippen LogP contribution in [0.5, 0.6) is 5.88 Å². The maximum atomic E-state index is 10.1. The Kier molecular flexibility index (Phi) is 3.44. The molecule has 2 heterocycles. The standard InChI is InChI=1S/C12H8Cl2N6O/c1-20-7-5-3-2-4-6(7)8(9(20)21)18-19-12-16-10(13)15-11(14)17-12/h2-5,21H,1H3. The van der Waals surface area contributed by atoms with Gasteiger partial charge in [0.2, 0.25) is 16.4 Å². The first kappa shape index (κ1) is 13.7. The van der Waals surface area contributed by atoms with E-state index in [1.807, 2.05) is 24.3 Å². The summed E-state index contributed by atoms with van der Waals surface area (Å²) in [7, 11) is 1.73. The number of rotatable bonds is 2. The number of aryl methyl sites for hydroxylation is 1. The fourth-order valence-electron chi connectivity index (χ4n) is 1.91. The zero-order valence-corrected chi connectivity index (χ0v) is 12.2. The minimum atomic E-state index is -0.0777. The fourth-order valence-corrected chi connectivity index (χ4v) is 2.27. The summed E-state index contributed by atoms with van der Waals surface area (Å²) in [5.74, 6) is -0.0430. The van der Waals surface area contributed by atoms with Gasteiger partial charge in [-0.1, -0.05) is 18.2 Å². The molecule has 3 rings (SSSR count). The Morgan fingerprint density at radius 1 is 1.05 bits per heavy atom. The predicted molar refractivity (Wildman–Crippen MR) is 78.6 cm³/mol. The SMILES string of the molecule is Cn1c(O)c(N=Nc2nc(Cl)nc(Cl)n2)c2ccccc21. The number of fused-ring (bicyclic) bond motifs is 1. The molecule has 0 unspecified atom stereocenters. The summed E-state index contributed by atoms with van der Waals surface area (Å²) >= 11 is 11.3. The summed E-state index contributed by atoms with van der Waals surface area (Å²) in [6.07, 6.45) is 0. The van der Waals surface area contributed by atoms with Gasteiger partial charge in [0.1, 0.15) is 0 Å². The van der Waals surface area contributed by atoms with Gasteiger partial charge in [-0.2, -0.15) is 15.0 Å². The van der Waals surface area contributed by atoms with Gasteiger partial charge in [-0.3, -0.25) is 0 Å². The highest BCUT2D eigenvalue weighted by atomic mass is 35.5. The van der Waals surface area contributed by atoms with Gasteiger partial charge in [0.25, 0.3) is 5.95 Å². The van der Waals surface area contributed by atoms with Crippen LogP contribution in [0.15, 0.2) is 34.5 Å². The number of aromatic hydroxyl groups is 1. The molecule has 1 aromatic carbocycles. The quantitative estimate of drug-likeness (QED) is 0.727. The van der Waals surface area contributed by atoms with Crippen LogP contribution in [0.1, 0.15) is 0 Å². The molecule has 0 aliphatic heterocycles. The molecule has 106 valence electrons. The van der Waals surface area contributed by atoms with Crippen LogP contribution < -0.4 is 0 Å². The number of azo groups is 1. The largest absolute Gasteiger partial charge is 0.493 e. The van der Waals surface area contributed by atoms with E-state index < -0.39 is 0 Å². The van der Waals surface area contributed by atoms with Crippen molar-refractivity contribution in [2.24, 2.45) is 17.3 Å². The second-order valence-electron chi connectivity index (χ2n) is 4.12. The molecule has 0 spiro atoms. The molecule has 7 nitrogen and oxygen atoms in total. The molecular formula is C12H8Cl2N6O. The summed E-state index contributed by atoms with van der Waals surface area (Å²) in [5, 5.41) is 18.5. The first-order chi connectivity index (χ1) is 10.1. The molecule has 2 aromatic heterocycles. The molecule has 0 saturated carbocycles. The number of hydrogen-bond donors (Lipinski definition) is 1. The van der Waals surface area contributed by atoms with Crippen LogP contribution in [0.25, 0.3) is 10.9 Å². The van der Waals surface area contributed by atoms with Crippen LogP contribution >= 0.6 is 23.2 Å². The van der Waals surface area contributed by atoms with Gasteiger partial charge in [0, 0.05) is 12.4 Å². The molecule has 0 fully saturated rings. The average Bonchev–Trinajstić information content (AvgIpc) is 2.69. The molecule has 0 aliphatic carbocycles. The minimum absolute atomic E-state index is 0.00815. The van der Waals surface area contributed by atoms with Crippen LogP contribution in [-0.2, 0) is 7.05 Å². The van der Waals surface area contributed by atoms with Crippen LogP contribution in [-0.4, -0.2) is 24.6 Å². The molecule has 9 heteroatoms. The number of aromatic nitrogens is 4. The van der Waals surface area contributed by atoms with Crippen molar-refractivity contribution in [1.29, 1.82) is 0 Å². The van der Waals surface area contributed by atoms with Gasteiger partial charge in [-0.05, 0) is 29.3 Å². The number of benzene rings is 1. The van der Waals surface area contributed by atoms with E-state index in [2.05, 4.69) is 25.2 Å². The Bertz CT molecular complexity index is 840. The van der Waals surface area contributed by atoms with Crippen LogP contribution in [0.4, 0.5) is 11.6 Å². The van der Waals surface area contributed by atoms with Gasteiger partial charge in [0.15, 0.2) is 5.69 Å². The third-order valence-corrected chi connectivity index (χ3v) is 3.20. The van der Waals surface area contributed by atoms with Crippen LogP contribution in [0.3, 0.4) is 0 Å². The predicted octanol–water partition coefficient (Wildman–Crippen LogP) is 3.79. The van der Waals surface area contributed by atoms with Crippen LogP contribution in [0.2, 0.25) is 10.6 Å². The maximum Gasteiger partial charge on any atom is 0.274 e. The van der Waals surface area contributed by atoms with Crippen molar-refractivity contribution in [2.45, 2.75) is 0 Å². The highest BCUT2D eigenvalue weighted by Gasteiger charge is 2.13. The van der Waals surface area contributed by atoms with E-state index in [0.717, 1.165) is 10.9 Å². The van der Waals surface area contributed by atoms with Gasteiger partial charge < -0.3 is 9.67 Å². The van der Waals surface area contributed by atoms with Crippen molar-refractivity contribution < 1.29 is 5.11 Å². The van der Waals surface area contributed by atoms with Gasteiger partial charge in [-0.15, -0.1) is 10.2 Å². The Labute approximate surface area is 128 Å². The van der Waals surface area contributed by atoms with Crippen molar-refractivity contribution in [3.63, 3.8) is 0 Å². The topological polar surface area (TPSA) is 88.5 Å². The smallest absolute Gasteiger partial charge is 0.274 e. The molecular weight excluding hydrogens is 315 g/mol. The third-order valence-electron chi connectivity index (χ3n) is 2.86. The normalized spacial score (nSPS) is 11.6. The number of para-hydroxylation sites is 1. The molecule has 0 amide bonds. The first-order valence-electron chi connectivity index (χ1n) is 5.81. The van der Waals surface area contributed by atoms with E-state index in [9.17, 15) is 5.11 Å². The van der Waals surface area contributed by atoms with E-state index in [-0.39, 0.29) is 22.4 Å². The van der Waals surface area contributed by atoms with Crippen molar-refractivity contribution in [3.05, 3.63) is 34.8 Å². The monoisotopic (exact) mass is 322 g/mol. The number of hydrogen-bond acceptors (Lipinski definition) is 6. The van der Waals surface area contributed by atoms with Crippen molar-refractivity contribution in [1.82, 2.24) is 19.5 Å². The minimum Gasteiger partial charge on any atom is -0.493 e. The molecule has 3 aromatic rings. The summed E-state index contributed by atoms with van der Waals surface area (Å²) < 4.78 is 1.61. The summed E-state index contributed by atoms with van der Waals surface area (Å²) in [6.45, 7) is 0. The highest BCUT2D eigenvalue weighted by Crippen LogP contribution is 2.38. The molecule has 0 atom stereocenters. The first-order valence-corrected chi connectivity index (χ1v) is 6.57. The van der Waals surface area contributed by atoms with Gasteiger partial charge >= 0.3 is 0 Å². The van der Waals surface area contributed by atoms with Gasteiger partial charge in [-0.25, -0.2) is 0 Å². The highest BCUT2D eigenvalue weighted by molar-refractivity contribution is 6.31. The van der Waals surface area contributed by atoms with E-state index in [1.54, 1.807) is 11.6 Å². The second-order valence-corrected chi connectivity index (χ2v) is 4.80. The lowest BCUT2D eigenvalue weighted by Crippen LogP contribution is -1.87. The molecule has 0 aliphatic rings. The summed E-state index contributed by atoms with van der Waals surface area (Å²) in [6, 6.07) is 7.41. The lowest BCUT2D eigenvalue weighted by Gasteiger charge is -1.95. The maximum absolute atomic E-state index is 10.1. The van der Waals surface area contributed by atoms with E-state index >= 15 is 0 Å². The number of halogens is 2. The zero-order valence-electron chi connectivity index (χ0n) is 10.7. The lowest BCUT2D eigenvalue weighted by atomic mass is 10.2. The van der Waals surface area contributed by atoms with Gasteiger partial charge in [0.05, 0.1) is 5.52 Å². The lowest BCUT2D eigenvalue weighted by molar-refractivity contribution is 0.436. The Balaban J connectivity index is 2.09. The summed E-state index contributed by atoms with van der Waals surface area (Å²) in [5.41, 5.74) is 1.15. The van der Waals surface area contributed by atoms with Crippen molar-refractivity contribution in [3.8, 4) is 5.88 Å². The second kappa shape index (κ2) is 5.27. The van der Waals surface area contributed by atoms with Crippen molar-refractivity contribution in [2.75, 3.05) is 0 Å². The molecule has 0 bridgehead atoms. The molecule has 21 heavy (non-hydrogen) atoms. The Morgan fingerprint density at radius 2 is 1.71 bits per heavy atom. The fraction of sp³-hybridized carbons (Fsp3) is 0.0833. The summed E-state index contributed by atoms with van der Waals surface area (Å²) in [4.78, 5) is 11.2. The molecule has 1 N–H and O–H groups in total. The Hall–Kier alpha value is -2.25.